The largest absolute Gasteiger partial charge is 0.454 e. The van der Waals surface area contributed by atoms with Crippen molar-refractivity contribution in [2.24, 2.45) is 0 Å². The highest BCUT2D eigenvalue weighted by atomic mass is 35.5. The second-order valence-electron chi connectivity index (χ2n) is 24.7. The number of H-pyrrole nitrogens is 2. The van der Waals surface area contributed by atoms with E-state index in [9.17, 15) is 62.6 Å². The van der Waals surface area contributed by atoms with Gasteiger partial charge in [0.15, 0.2) is 12.6 Å². The van der Waals surface area contributed by atoms with Gasteiger partial charge in [-0.05, 0) is 93.3 Å². The minimum atomic E-state index is -1.80. The molecule has 95 heavy (non-hydrogen) atoms. The molecule has 3 aliphatic heterocycles. The maximum absolute atomic E-state index is 14.9. The van der Waals surface area contributed by atoms with Gasteiger partial charge in [0.05, 0.1) is 19.6 Å². The van der Waals surface area contributed by atoms with Crippen LogP contribution in [0.15, 0.2) is 85.2 Å². The van der Waals surface area contributed by atoms with E-state index in [4.69, 9.17) is 16.3 Å². The molecule has 3 aliphatic rings. The number of esters is 1. The molecule has 3 fully saturated rings. The highest BCUT2D eigenvalue weighted by Gasteiger charge is 2.41. The van der Waals surface area contributed by atoms with Crippen molar-refractivity contribution < 1.29 is 67.4 Å². The summed E-state index contributed by atoms with van der Waals surface area (Å²) < 4.78 is 5.35. The zero-order valence-corrected chi connectivity index (χ0v) is 55.1. The van der Waals surface area contributed by atoms with Crippen molar-refractivity contribution in [3.05, 3.63) is 107 Å². The van der Waals surface area contributed by atoms with Crippen molar-refractivity contribution in [2.75, 3.05) is 60.5 Å². The van der Waals surface area contributed by atoms with Crippen LogP contribution in [0.4, 0.5) is 0 Å². The predicted molar refractivity (Wildman–Crippen MR) is 350 cm³/mol. The first-order valence-corrected chi connectivity index (χ1v) is 32.6. The number of carbonyl (C=O) groups excluding carboxylic acids is 12. The molecule has 28 heteroatoms. The number of unbranched alkanes of at least 4 members (excludes halogenated alkanes) is 1. The van der Waals surface area contributed by atoms with Gasteiger partial charge in [-0.2, -0.15) is 0 Å². The van der Waals surface area contributed by atoms with E-state index in [1.54, 1.807) is 71.9 Å². The minimum Gasteiger partial charge on any atom is -0.454 e. The topological polar surface area (TPSA) is 354 Å². The molecule has 11 amide bonds. The number of aliphatic hydroxyl groups is 1. The minimum absolute atomic E-state index is 0.0479. The van der Waals surface area contributed by atoms with E-state index in [2.05, 4.69) is 41.9 Å². The van der Waals surface area contributed by atoms with Gasteiger partial charge in [0.1, 0.15) is 48.3 Å². The fourth-order valence-electron chi connectivity index (χ4n) is 12.2. The lowest BCUT2D eigenvalue weighted by Crippen LogP contribution is -2.60. The number of aromatic amines is 2. The van der Waals surface area contributed by atoms with Gasteiger partial charge in [-0.1, -0.05) is 79.9 Å². The van der Waals surface area contributed by atoms with Gasteiger partial charge >= 0.3 is 5.97 Å². The van der Waals surface area contributed by atoms with Gasteiger partial charge < -0.3 is 76.2 Å². The number of nitrogens with one attached hydrogen (secondary N) is 8. The van der Waals surface area contributed by atoms with Crippen LogP contribution in [0.25, 0.3) is 21.8 Å². The number of halogens is 1. The standard InChI is InChI=1S/C67H86ClN13O14/c1-7-8-22-49-60(87)74-51(32-43-35-70-48-24-13-11-21-46(43)48)62(89)76-53(37-82)67(94)95-38-58(85)78(5)40(3)64(91)79(6)55(30-41-18-16-19-44(68)29-41)66(93)77(4)36-57(84)81-28-17-25-54(81)63(90)75-52(65(92)80-26-14-9-15-27-80)33-56(83)71-39(2)59(86)73-50(61(88)72-49)31-42-34-69-47-23-12-10-20-45(42)47/h10-13,16,18-21,23-24,29,34-35,39-40,49-55,69-70,82H,7-9,14-15,17,22,25-28,30-33,36-38H2,1-6H3,(H,71,83)(H,72,88)(H,73,86)(H,74,87)(H,75,90)(H,76,89)/t39-,40-,49-,50-,51-,52?,53-,54-,55-/m0/s1. The number of para-hydroxylation sites is 2. The van der Waals surface area contributed by atoms with Crippen LogP contribution in [0.3, 0.4) is 0 Å². The Bertz CT molecular complexity index is 3640. The van der Waals surface area contributed by atoms with E-state index in [-0.39, 0.29) is 38.6 Å². The number of carbonyl (C=O) groups is 12. The molecule has 0 bridgehead atoms. The number of fused-ring (bicyclic) bond motifs is 3. The Kier molecular flexibility index (Phi) is 24.9. The molecule has 5 heterocycles. The summed E-state index contributed by atoms with van der Waals surface area (Å²) in [5.74, 6) is -9.77. The smallest absolute Gasteiger partial charge is 0.331 e. The molecule has 3 aromatic carbocycles. The Morgan fingerprint density at radius 1 is 0.621 bits per heavy atom. The fourth-order valence-corrected chi connectivity index (χ4v) is 12.4. The Balaban J connectivity index is 1.12. The zero-order chi connectivity index (χ0) is 68.6. The monoisotopic (exact) mass is 1330 g/mol. The van der Waals surface area contributed by atoms with Crippen LogP contribution in [-0.4, -0.2) is 225 Å². The van der Waals surface area contributed by atoms with Gasteiger partial charge in [-0.15, -0.1) is 0 Å². The number of nitrogens with zero attached hydrogens (tertiary/aromatic N) is 5. The molecule has 510 valence electrons. The first-order valence-electron chi connectivity index (χ1n) is 32.2. The van der Waals surface area contributed by atoms with Crippen LogP contribution in [0.1, 0.15) is 95.2 Å². The van der Waals surface area contributed by atoms with E-state index in [0.29, 0.717) is 77.8 Å². The predicted octanol–water partition coefficient (Wildman–Crippen LogP) is 1.52. The molecular weight excluding hydrogens is 1250 g/mol. The first kappa shape index (κ1) is 71.5. The van der Waals surface area contributed by atoms with Gasteiger partial charge in [-0.3, -0.25) is 52.7 Å². The molecule has 27 nitrogen and oxygen atoms in total. The van der Waals surface area contributed by atoms with Crippen LogP contribution < -0.4 is 31.9 Å². The molecule has 2 aromatic heterocycles. The molecule has 0 aliphatic carbocycles. The third-order valence-corrected chi connectivity index (χ3v) is 18.1. The summed E-state index contributed by atoms with van der Waals surface area (Å²) in [5, 5.41) is 28.5. The lowest BCUT2D eigenvalue weighted by Gasteiger charge is -2.35. The van der Waals surface area contributed by atoms with Crippen molar-refractivity contribution in [2.45, 2.75) is 152 Å². The molecule has 0 spiro atoms. The number of aliphatic hydroxyl groups excluding tert-OH is 1. The van der Waals surface area contributed by atoms with Crippen LogP contribution in [0, 0.1) is 0 Å². The first-order chi connectivity index (χ1) is 45.5. The van der Waals surface area contributed by atoms with E-state index in [0.717, 1.165) is 32.0 Å². The molecular formula is C67H86ClN13O14. The van der Waals surface area contributed by atoms with Gasteiger partial charge in [-0.25, -0.2) is 4.79 Å². The van der Waals surface area contributed by atoms with Crippen molar-refractivity contribution in [1.82, 2.24) is 66.4 Å². The van der Waals surface area contributed by atoms with E-state index >= 15 is 0 Å². The number of amides is 11. The number of cyclic esters (lactones) is 1. The summed E-state index contributed by atoms with van der Waals surface area (Å²) in [6, 6.07) is 8.42. The molecule has 8 rings (SSSR count). The highest BCUT2D eigenvalue weighted by Crippen LogP contribution is 2.24. The highest BCUT2D eigenvalue weighted by molar-refractivity contribution is 6.30. The lowest BCUT2D eigenvalue weighted by molar-refractivity contribution is -0.157. The zero-order valence-electron chi connectivity index (χ0n) is 54.4. The third kappa shape index (κ3) is 18.3. The molecule has 0 radical (unpaired) electrons. The maximum Gasteiger partial charge on any atom is 0.331 e. The van der Waals surface area contributed by atoms with Gasteiger partial charge in [0.2, 0.25) is 59.1 Å². The molecule has 5 aromatic rings. The quantitative estimate of drug-likeness (QED) is 0.0848. The van der Waals surface area contributed by atoms with Crippen LogP contribution >= 0.6 is 11.6 Å². The molecule has 9 atom stereocenters. The summed E-state index contributed by atoms with van der Waals surface area (Å²) in [4.78, 5) is 185. The molecule has 1 unspecified atom stereocenters. The number of piperidine rings is 1. The average molecular weight is 1330 g/mol. The summed E-state index contributed by atoms with van der Waals surface area (Å²) >= 11 is 6.36. The SMILES string of the molecule is CCCC[C@@H]1NC(=O)[C@H](Cc2c[nH]c3ccccc23)NC(=O)[C@H](C)NC(=O)CC(C(=O)N2CCCCC2)NC(=O)[C@@H]2CCCN2C(=O)CN(C)C(=O)[C@H](Cc2cccc(Cl)c2)N(C)C(=O)[C@H](C)N(C)C(=O)COC(=O)[C@H](CO)NC(=O)[C@H](Cc2c[nH]c3ccccc23)NC1=O. The number of likely N-dealkylation sites (N-methyl/N-ethyl adjacent to an activating group) is 3. The van der Waals surface area contributed by atoms with Crippen molar-refractivity contribution in [3.63, 3.8) is 0 Å². The number of hydrogen-bond donors (Lipinski definition) is 9. The maximum atomic E-state index is 14.9. The number of benzene rings is 3. The Labute approximate surface area is 555 Å². The molecule has 9 N–H and O–H groups in total. The van der Waals surface area contributed by atoms with Gasteiger partial charge in [0.25, 0.3) is 5.91 Å². The van der Waals surface area contributed by atoms with Crippen molar-refractivity contribution in [1.29, 1.82) is 0 Å². The summed E-state index contributed by atoms with van der Waals surface area (Å²) in [7, 11) is 3.97. The van der Waals surface area contributed by atoms with Crippen LogP contribution in [-0.2, 0) is 81.5 Å². The fraction of sp³-hybridized carbons (Fsp3) is 0.493. The van der Waals surface area contributed by atoms with Crippen molar-refractivity contribution in [3.8, 4) is 0 Å². The summed E-state index contributed by atoms with van der Waals surface area (Å²) in [6.07, 6.45) is 6.04. The second-order valence-corrected chi connectivity index (χ2v) is 25.1. The molecule has 0 saturated carbocycles. The second kappa shape index (κ2) is 33.1. The number of ether oxygens (including phenoxy) is 1. The lowest BCUT2D eigenvalue weighted by atomic mass is 10.0. The van der Waals surface area contributed by atoms with E-state index in [1.807, 2.05) is 25.1 Å². The normalized spacial score (nSPS) is 24.7. The Hall–Kier alpha value is -9.37. The summed E-state index contributed by atoms with van der Waals surface area (Å²) in [6.45, 7) is 2.87. The van der Waals surface area contributed by atoms with Crippen molar-refractivity contribution >= 4 is 104 Å². The summed E-state index contributed by atoms with van der Waals surface area (Å²) in [5.41, 5.74) is 3.15. The van der Waals surface area contributed by atoms with E-state index in [1.165, 1.54) is 39.9 Å². The van der Waals surface area contributed by atoms with Crippen LogP contribution in [0.2, 0.25) is 5.02 Å². The number of likely N-dealkylation sites (tertiary alicyclic amines) is 1. The molecule has 3 saturated heterocycles. The number of aromatic nitrogens is 2. The number of hydrogen-bond acceptors (Lipinski definition) is 14. The Morgan fingerprint density at radius 2 is 1.21 bits per heavy atom. The van der Waals surface area contributed by atoms with E-state index < -0.39 is 152 Å². The Morgan fingerprint density at radius 3 is 1.82 bits per heavy atom. The third-order valence-electron chi connectivity index (χ3n) is 17.9. The van der Waals surface area contributed by atoms with Gasteiger partial charge in [0, 0.05) is 99.3 Å². The number of rotatable bonds is 11. The van der Waals surface area contributed by atoms with Crippen LogP contribution in [0.5, 0.6) is 0 Å². The average Bonchev–Trinajstić information content (AvgIpc) is 1.85.